The molecule has 0 aliphatic heterocycles. The van der Waals surface area contributed by atoms with E-state index in [1.807, 2.05) is 72.5 Å². The number of pyridine rings is 4. The van der Waals surface area contributed by atoms with Crippen molar-refractivity contribution in [2.24, 2.45) is 0 Å². The molecule has 0 radical (unpaired) electrons. The summed E-state index contributed by atoms with van der Waals surface area (Å²) >= 11 is 0. The minimum Gasteiger partial charge on any atom is -0.340 e. The van der Waals surface area contributed by atoms with E-state index in [0.717, 1.165) is 49.9 Å². The van der Waals surface area contributed by atoms with Crippen molar-refractivity contribution < 1.29 is 4.39 Å². The summed E-state index contributed by atoms with van der Waals surface area (Å²) in [7, 11) is 0. The second kappa shape index (κ2) is 10.1. The van der Waals surface area contributed by atoms with Crippen LogP contribution < -0.4 is 5.32 Å². The van der Waals surface area contributed by atoms with Crippen LogP contribution in [0.15, 0.2) is 116 Å². The normalized spacial score (nSPS) is 10.9. The predicted molar refractivity (Wildman–Crippen MR) is 150 cm³/mol. The Morgan fingerprint density at radius 1 is 0.658 bits per heavy atom. The van der Waals surface area contributed by atoms with Gasteiger partial charge in [-0.1, -0.05) is 12.1 Å². The highest BCUT2D eigenvalue weighted by molar-refractivity contribution is 5.86. The predicted octanol–water partition coefficient (Wildman–Crippen LogP) is 7.39. The van der Waals surface area contributed by atoms with E-state index in [-0.39, 0.29) is 5.82 Å². The molecule has 38 heavy (non-hydrogen) atoms. The Bertz CT molecular complexity index is 1880. The highest BCUT2D eigenvalue weighted by atomic mass is 19.1. The molecule has 184 valence electrons. The first-order valence-corrected chi connectivity index (χ1v) is 12.1. The molecule has 7 aromatic rings. The van der Waals surface area contributed by atoms with Crippen LogP contribution in [0.1, 0.15) is 5.56 Å². The van der Waals surface area contributed by atoms with Crippen molar-refractivity contribution in [2.75, 3.05) is 5.32 Å². The van der Waals surface area contributed by atoms with Gasteiger partial charge >= 0.3 is 0 Å². The molecule has 0 bridgehead atoms. The summed E-state index contributed by atoms with van der Waals surface area (Å²) in [5.41, 5.74) is 3.17. The SMILES string of the molecule is Cc1ccc(Nc2ccc3cnccc3c2)nc1.Fc1ccc2cnc(-n3ccc4ccncc43)cc2c1. The lowest BCUT2D eigenvalue weighted by atomic mass is 10.1. The number of nitrogens with one attached hydrogen (secondary N) is 1. The molecule has 7 heteroatoms. The summed E-state index contributed by atoms with van der Waals surface area (Å²) in [5.74, 6) is 1.37. The van der Waals surface area contributed by atoms with Gasteiger partial charge in [0.1, 0.15) is 17.5 Å². The Balaban J connectivity index is 0.000000140. The molecular formula is C31H23FN6. The first-order valence-electron chi connectivity index (χ1n) is 12.1. The lowest BCUT2D eigenvalue weighted by Crippen LogP contribution is -1.95. The number of aromatic nitrogens is 5. The van der Waals surface area contributed by atoms with Gasteiger partial charge in [0.2, 0.25) is 0 Å². The van der Waals surface area contributed by atoms with Crippen molar-refractivity contribution in [1.82, 2.24) is 24.5 Å². The molecule has 2 aromatic carbocycles. The summed E-state index contributed by atoms with van der Waals surface area (Å²) in [5, 5.41) is 8.45. The molecule has 0 saturated heterocycles. The maximum atomic E-state index is 13.3. The van der Waals surface area contributed by atoms with Gasteiger partial charge in [0.25, 0.3) is 0 Å². The van der Waals surface area contributed by atoms with E-state index in [1.165, 1.54) is 17.5 Å². The minimum absolute atomic E-state index is 0.242. The Labute approximate surface area is 218 Å². The molecular weight excluding hydrogens is 475 g/mol. The van der Waals surface area contributed by atoms with Crippen molar-refractivity contribution in [3.8, 4) is 5.82 Å². The van der Waals surface area contributed by atoms with Crippen LogP contribution >= 0.6 is 0 Å². The second-order valence-corrected chi connectivity index (χ2v) is 8.94. The number of nitrogens with zero attached hydrogens (tertiary/aromatic N) is 5. The Morgan fingerprint density at radius 2 is 1.47 bits per heavy atom. The fraction of sp³-hybridized carbons (Fsp3) is 0.0323. The van der Waals surface area contributed by atoms with Crippen LogP contribution in [0, 0.1) is 12.7 Å². The second-order valence-electron chi connectivity index (χ2n) is 8.94. The van der Waals surface area contributed by atoms with E-state index in [4.69, 9.17) is 0 Å². The fourth-order valence-corrected chi connectivity index (χ4v) is 4.26. The van der Waals surface area contributed by atoms with Gasteiger partial charge in [0, 0.05) is 59.0 Å². The first-order chi connectivity index (χ1) is 18.6. The van der Waals surface area contributed by atoms with Crippen LogP contribution in [-0.4, -0.2) is 24.5 Å². The Kier molecular flexibility index (Phi) is 6.16. The van der Waals surface area contributed by atoms with Crippen LogP contribution in [0.4, 0.5) is 15.9 Å². The molecule has 0 fully saturated rings. The molecule has 1 N–H and O–H groups in total. The van der Waals surface area contributed by atoms with Crippen molar-refractivity contribution in [3.05, 3.63) is 128 Å². The van der Waals surface area contributed by atoms with Gasteiger partial charge in [-0.2, -0.15) is 0 Å². The maximum absolute atomic E-state index is 13.3. The number of benzene rings is 2. The standard InChI is InChI=1S/C16H10FN3.C15H13N3/c17-14-2-1-12-9-19-16(8-13(12)7-14)20-6-4-11-3-5-18-10-15(11)20;1-11-2-5-15(17-9-11)18-14-4-3-13-10-16-7-6-12(13)8-14/h1-10H;2-10H,1H3,(H,17,18). The van der Waals surface area contributed by atoms with Gasteiger partial charge in [-0.15, -0.1) is 0 Å². The van der Waals surface area contributed by atoms with Gasteiger partial charge in [0.15, 0.2) is 0 Å². The summed E-state index contributed by atoms with van der Waals surface area (Å²) in [4.78, 5) is 17.0. The summed E-state index contributed by atoms with van der Waals surface area (Å²) in [6.07, 6.45) is 12.8. The van der Waals surface area contributed by atoms with Crippen LogP contribution in [0.3, 0.4) is 0 Å². The van der Waals surface area contributed by atoms with E-state index in [0.29, 0.717) is 0 Å². The maximum Gasteiger partial charge on any atom is 0.137 e. The molecule has 0 aliphatic rings. The van der Waals surface area contributed by atoms with Crippen LogP contribution in [0.25, 0.3) is 38.3 Å². The van der Waals surface area contributed by atoms with E-state index >= 15 is 0 Å². The third kappa shape index (κ3) is 4.90. The molecule has 0 amide bonds. The third-order valence-corrected chi connectivity index (χ3v) is 6.24. The lowest BCUT2D eigenvalue weighted by molar-refractivity contribution is 0.629. The van der Waals surface area contributed by atoms with Crippen molar-refractivity contribution in [2.45, 2.75) is 6.92 Å². The molecule has 0 aliphatic carbocycles. The molecule has 0 atom stereocenters. The van der Waals surface area contributed by atoms with Crippen molar-refractivity contribution in [3.63, 3.8) is 0 Å². The lowest BCUT2D eigenvalue weighted by Gasteiger charge is -2.06. The topological polar surface area (TPSA) is 68.5 Å². The van der Waals surface area contributed by atoms with Gasteiger partial charge in [0.05, 0.1) is 11.7 Å². The minimum atomic E-state index is -0.242. The van der Waals surface area contributed by atoms with E-state index in [1.54, 1.807) is 30.9 Å². The van der Waals surface area contributed by atoms with Crippen molar-refractivity contribution >= 4 is 44.0 Å². The zero-order chi connectivity index (χ0) is 25.9. The first kappa shape index (κ1) is 23.2. The highest BCUT2D eigenvalue weighted by Gasteiger charge is 2.06. The number of anilines is 2. The van der Waals surface area contributed by atoms with Crippen LogP contribution in [-0.2, 0) is 0 Å². The number of halogens is 1. The average Bonchev–Trinajstić information content (AvgIpc) is 3.38. The van der Waals surface area contributed by atoms with Gasteiger partial charge in [-0.3, -0.25) is 14.5 Å². The zero-order valence-electron chi connectivity index (χ0n) is 20.6. The van der Waals surface area contributed by atoms with Gasteiger partial charge < -0.3 is 5.32 Å². The summed E-state index contributed by atoms with van der Waals surface area (Å²) in [6.45, 7) is 2.03. The Morgan fingerprint density at radius 3 is 2.34 bits per heavy atom. The summed E-state index contributed by atoms with van der Waals surface area (Å²) < 4.78 is 15.3. The van der Waals surface area contributed by atoms with E-state index < -0.39 is 0 Å². The van der Waals surface area contributed by atoms with Gasteiger partial charge in [-0.05, 0) is 83.9 Å². The van der Waals surface area contributed by atoms with Crippen LogP contribution in [0.5, 0.6) is 0 Å². The molecule has 5 heterocycles. The number of aryl methyl sites for hydroxylation is 1. The largest absolute Gasteiger partial charge is 0.340 e. The van der Waals surface area contributed by atoms with Crippen molar-refractivity contribution in [1.29, 1.82) is 0 Å². The average molecular weight is 499 g/mol. The molecule has 0 saturated carbocycles. The summed E-state index contributed by atoms with van der Waals surface area (Å²) in [6, 6.07) is 22.7. The van der Waals surface area contributed by atoms with Gasteiger partial charge in [-0.25, -0.2) is 14.4 Å². The van der Waals surface area contributed by atoms with E-state index in [9.17, 15) is 4.39 Å². The number of rotatable bonds is 3. The highest BCUT2D eigenvalue weighted by Crippen LogP contribution is 2.22. The smallest absolute Gasteiger partial charge is 0.137 e. The van der Waals surface area contributed by atoms with Crippen LogP contribution in [0.2, 0.25) is 0 Å². The molecule has 0 spiro atoms. The molecule has 7 rings (SSSR count). The Hall–Kier alpha value is -5.17. The number of hydrogen-bond donors (Lipinski definition) is 1. The monoisotopic (exact) mass is 498 g/mol. The molecule has 0 unspecified atom stereocenters. The number of fused-ring (bicyclic) bond motifs is 3. The fourth-order valence-electron chi connectivity index (χ4n) is 4.26. The molecule has 5 aromatic heterocycles. The third-order valence-electron chi connectivity index (χ3n) is 6.24. The van der Waals surface area contributed by atoms with E-state index in [2.05, 4.69) is 37.4 Å². The molecule has 6 nitrogen and oxygen atoms in total. The zero-order valence-corrected chi connectivity index (χ0v) is 20.6. The number of hydrogen-bond acceptors (Lipinski definition) is 5. The quantitative estimate of drug-likeness (QED) is 0.275.